The van der Waals surface area contributed by atoms with Crippen molar-refractivity contribution >= 4 is 5.97 Å². The van der Waals surface area contributed by atoms with Crippen LogP contribution in [0.4, 0.5) is 0 Å². The summed E-state index contributed by atoms with van der Waals surface area (Å²) in [7, 11) is 0. The van der Waals surface area contributed by atoms with Gasteiger partial charge in [0.1, 0.15) is 0 Å². The van der Waals surface area contributed by atoms with E-state index < -0.39 is 5.97 Å². The van der Waals surface area contributed by atoms with Crippen molar-refractivity contribution in [2.75, 3.05) is 6.61 Å². The van der Waals surface area contributed by atoms with E-state index in [1.807, 2.05) is 24.3 Å². The maximum Gasteiger partial charge on any atom is 0.307 e. The van der Waals surface area contributed by atoms with Crippen LogP contribution in [0.25, 0.3) is 0 Å². The Balaban J connectivity index is 2.32. The number of carboxylic acid groups (broad SMARTS) is 1. The molecular formula is C15H22O3. The number of rotatable bonds is 8. The number of hydrogen-bond acceptors (Lipinski definition) is 2. The molecule has 0 aliphatic heterocycles. The number of benzene rings is 1. The summed E-state index contributed by atoms with van der Waals surface area (Å²) in [6.07, 6.45) is 3.52. The average Bonchev–Trinajstić information content (AvgIpc) is 2.31. The SMILES string of the molecule is CCCC(C)OCCc1ccc(CC(=O)O)cc1. The van der Waals surface area contributed by atoms with E-state index in [0.717, 1.165) is 31.4 Å². The zero-order chi connectivity index (χ0) is 13.4. The second-order valence-electron chi connectivity index (χ2n) is 4.61. The van der Waals surface area contributed by atoms with Gasteiger partial charge in [-0.25, -0.2) is 0 Å². The third kappa shape index (κ3) is 5.82. The summed E-state index contributed by atoms with van der Waals surface area (Å²) in [4.78, 5) is 10.5. The highest BCUT2D eigenvalue weighted by Gasteiger charge is 2.02. The van der Waals surface area contributed by atoms with Crippen molar-refractivity contribution < 1.29 is 14.6 Å². The molecule has 0 amide bonds. The van der Waals surface area contributed by atoms with Crippen LogP contribution >= 0.6 is 0 Å². The molecule has 0 aliphatic rings. The van der Waals surface area contributed by atoms with E-state index in [4.69, 9.17) is 9.84 Å². The zero-order valence-corrected chi connectivity index (χ0v) is 11.2. The summed E-state index contributed by atoms with van der Waals surface area (Å²) in [5.74, 6) is -0.792. The lowest BCUT2D eigenvalue weighted by atomic mass is 10.1. The fraction of sp³-hybridized carbons (Fsp3) is 0.533. The van der Waals surface area contributed by atoms with Gasteiger partial charge < -0.3 is 9.84 Å². The molecule has 0 fully saturated rings. The molecule has 0 radical (unpaired) electrons. The Labute approximate surface area is 109 Å². The van der Waals surface area contributed by atoms with Crippen LogP contribution in [-0.4, -0.2) is 23.8 Å². The number of hydrogen-bond donors (Lipinski definition) is 1. The maximum absolute atomic E-state index is 10.5. The third-order valence-corrected chi connectivity index (χ3v) is 2.87. The van der Waals surface area contributed by atoms with Crippen LogP contribution in [0.15, 0.2) is 24.3 Å². The van der Waals surface area contributed by atoms with Crippen molar-refractivity contribution in [1.29, 1.82) is 0 Å². The van der Waals surface area contributed by atoms with E-state index in [2.05, 4.69) is 13.8 Å². The second-order valence-corrected chi connectivity index (χ2v) is 4.61. The molecule has 1 N–H and O–H groups in total. The molecule has 1 aromatic carbocycles. The Hall–Kier alpha value is -1.35. The molecule has 0 bridgehead atoms. The fourth-order valence-corrected chi connectivity index (χ4v) is 1.87. The van der Waals surface area contributed by atoms with Crippen LogP contribution in [0, 0.1) is 0 Å². The molecule has 0 heterocycles. The minimum atomic E-state index is -0.792. The first-order chi connectivity index (χ1) is 8.61. The Kier molecular flexibility index (Phi) is 6.44. The van der Waals surface area contributed by atoms with Gasteiger partial charge in [-0.3, -0.25) is 4.79 Å². The Morgan fingerprint density at radius 2 is 1.89 bits per heavy atom. The summed E-state index contributed by atoms with van der Waals surface area (Å²) in [6, 6.07) is 7.70. The minimum absolute atomic E-state index is 0.0876. The van der Waals surface area contributed by atoms with Crippen molar-refractivity contribution in [2.45, 2.75) is 45.6 Å². The highest BCUT2D eigenvalue weighted by atomic mass is 16.5. The Bertz CT molecular complexity index is 357. The molecule has 1 rings (SSSR count). The summed E-state index contributed by atoms with van der Waals surface area (Å²) >= 11 is 0. The lowest BCUT2D eigenvalue weighted by Crippen LogP contribution is -2.10. The molecular weight excluding hydrogens is 228 g/mol. The lowest BCUT2D eigenvalue weighted by Gasteiger charge is -2.11. The number of carbonyl (C=O) groups is 1. The van der Waals surface area contributed by atoms with E-state index >= 15 is 0 Å². The highest BCUT2D eigenvalue weighted by molar-refractivity contribution is 5.70. The topological polar surface area (TPSA) is 46.5 Å². The van der Waals surface area contributed by atoms with E-state index in [9.17, 15) is 4.79 Å². The van der Waals surface area contributed by atoms with E-state index in [1.165, 1.54) is 5.56 Å². The number of carboxylic acids is 1. The molecule has 0 aromatic heterocycles. The highest BCUT2D eigenvalue weighted by Crippen LogP contribution is 2.07. The standard InChI is InChI=1S/C15H22O3/c1-3-4-12(2)18-10-9-13-5-7-14(8-6-13)11-15(16)17/h5-8,12H,3-4,9-11H2,1-2H3,(H,16,17). The minimum Gasteiger partial charge on any atom is -0.481 e. The molecule has 0 saturated heterocycles. The Morgan fingerprint density at radius 1 is 1.28 bits per heavy atom. The molecule has 3 nitrogen and oxygen atoms in total. The van der Waals surface area contributed by atoms with Crippen LogP contribution in [0.3, 0.4) is 0 Å². The van der Waals surface area contributed by atoms with E-state index in [-0.39, 0.29) is 6.42 Å². The van der Waals surface area contributed by atoms with Gasteiger partial charge in [0.25, 0.3) is 0 Å². The van der Waals surface area contributed by atoms with Gasteiger partial charge in [-0.1, -0.05) is 37.6 Å². The normalized spacial score (nSPS) is 12.3. The quantitative estimate of drug-likeness (QED) is 0.771. The van der Waals surface area contributed by atoms with Crippen molar-refractivity contribution in [1.82, 2.24) is 0 Å². The molecule has 1 unspecified atom stereocenters. The van der Waals surface area contributed by atoms with Crippen LogP contribution < -0.4 is 0 Å². The summed E-state index contributed by atoms with van der Waals surface area (Å²) in [6.45, 7) is 4.97. The van der Waals surface area contributed by atoms with E-state index in [0.29, 0.717) is 6.10 Å². The van der Waals surface area contributed by atoms with Crippen molar-refractivity contribution in [3.05, 3.63) is 35.4 Å². The summed E-state index contributed by atoms with van der Waals surface area (Å²) in [5.41, 5.74) is 2.03. The van der Waals surface area contributed by atoms with Gasteiger partial charge in [-0.15, -0.1) is 0 Å². The molecule has 100 valence electrons. The summed E-state index contributed by atoms with van der Waals surface area (Å²) in [5, 5.41) is 8.67. The van der Waals surface area contributed by atoms with Gasteiger partial charge in [0.2, 0.25) is 0 Å². The number of aliphatic carboxylic acids is 1. The monoisotopic (exact) mass is 250 g/mol. The van der Waals surface area contributed by atoms with Gasteiger partial charge >= 0.3 is 5.97 Å². The van der Waals surface area contributed by atoms with Crippen molar-refractivity contribution in [2.24, 2.45) is 0 Å². The predicted octanol–water partition coefficient (Wildman–Crippen LogP) is 3.06. The predicted molar refractivity (Wildman–Crippen MR) is 71.8 cm³/mol. The first kappa shape index (κ1) is 14.7. The van der Waals surface area contributed by atoms with Gasteiger partial charge in [-0.2, -0.15) is 0 Å². The van der Waals surface area contributed by atoms with Gasteiger partial charge in [0, 0.05) is 0 Å². The lowest BCUT2D eigenvalue weighted by molar-refractivity contribution is -0.136. The van der Waals surface area contributed by atoms with Crippen LogP contribution in [0.5, 0.6) is 0 Å². The average molecular weight is 250 g/mol. The molecule has 3 heteroatoms. The van der Waals surface area contributed by atoms with Crippen LogP contribution in [0.1, 0.15) is 37.8 Å². The smallest absolute Gasteiger partial charge is 0.307 e. The fourth-order valence-electron chi connectivity index (χ4n) is 1.87. The molecule has 1 atom stereocenters. The molecule has 0 saturated carbocycles. The third-order valence-electron chi connectivity index (χ3n) is 2.87. The van der Waals surface area contributed by atoms with Crippen LogP contribution in [0.2, 0.25) is 0 Å². The van der Waals surface area contributed by atoms with Crippen LogP contribution in [-0.2, 0) is 22.4 Å². The molecule has 0 aliphatic carbocycles. The van der Waals surface area contributed by atoms with E-state index in [1.54, 1.807) is 0 Å². The molecule has 18 heavy (non-hydrogen) atoms. The van der Waals surface area contributed by atoms with Gasteiger partial charge in [-0.05, 0) is 30.9 Å². The van der Waals surface area contributed by atoms with Crippen molar-refractivity contribution in [3.63, 3.8) is 0 Å². The summed E-state index contributed by atoms with van der Waals surface area (Å²) < 4.78 is 5.69. The van der Waals surface area contributed by atoms with Crippen molar-refractivity contribution in [3.8, 4) is 0 Å². The van der Waals surface area contributed by atoms with Gasteiger partial charge in [0.05, 0.1) is 19.1 Å². The largest absolute Gasteiger partial charge is 0.481 e. The molecule has 1 aromatic rings. The Morgan fingerprint density at radius 3 is 2.44 bits per heavy atom. The molecule has 0 spiro atoms. The second kappa shape index (κ2) is 7.88. The van der Waals surface area contributed by atoms with Gasteiger partial charge in [0.15, 0.2) is 0 Å². The first-order valence-corrected chi connectivity index (χ1v) is 6.53. The number of ether oxygens (including phenoxy) is 1. The first-order valence-electron chi connectivity index (χ1n) is 6.53. The maximum atomic E-state index is 10.5. The zero-order valence-electron chi connectivity index (χ0n) is 11.2.